The molecular formula is C35H35NO7. The molecular weight excluding hydrogens is 546 g/mol. The van der Waals surface area contributed by atoms with Crippen LogP contribution < -0.4 is 10.1 Å². The normalized spacial score (nSPS) is 11.3. The Balaban J connectivity index is 1.40. The summed E-state index contributed by atoms with van der Waals surface area (Å²) >= 11 is 0. The maximum Gasteiger partial charge on any atom is 0.407 e. The number of carbonyl (C=O) groups excluding carboxylic acids is 2. The van der Waals surface area contributed by atoms with Crippen LogP contribution in [0.1, 0.15) is 44.4 Å². The van der Waals surface area contributed by atoms with Gasteiger partial charge in [0.15, 0.2) is 0 Å². The number of fused-ring (bicyclic) bond motifs is 1. The van der Waals surface area contributed by atoms with Crippen molar-refractivity contribution in [1.29, 1.82) is 0 Å². The summed E-state index contributed by atoms with van der Waals surface area (Å²) in [5, 5.41) is 3.75. The van der Waals surface area contributed by atoms with Crippen molar-refractivity contribution in [3.63, 3.8) is 0 Å². The number of alkyl carbamates (subject to hydrolysis) is 1. The van der Waals surface area contributed by atoms with E-state index in [0.717, 1.165) is 44.3 Å². The Morgan fingerprint density at radius 3 is 2.49 bits per heavy atom. The summed E-state index contributed by atoms with van der Waals surface area (Å²) in [6, 6.07) is 23.2. The summed E-state index contributed by atoms with van der Waals surface area (Å²) in [6.45, 7) is 8.16. The van der Waals surface area contributed by atoms with Crippen molar-refractivity contribution < 1.29 is 32.6 Å². The molecule has 0 fully saturated rings. The third-order valence-electron chi connectivity index (χ3n) is 6.59. The third kappa shape index (κ3) is 7.65. The molecule has 0 bridgehead atoms. The monoisotopic (exact) mass is 581 g/mol. The van der Waals surface area contributed by atoms with Gasteiger partial charge in [0, 0.05) is 28.6 Å². The highest BCUT2D eigenvalue weighted by molar-refractivity contribution is 5.93. The van der Waals surface area contributed by atoms with E-state index in [4.69, 9.17) is 23.0 Å². The molecule has 1 amide bonds. The van der Waals surface area contributed by atoms with E-state index in [1.54, 1.807) is 19.5 Å². The Morgan fingerprint density at radius 1 is 0.860 bits per heavy atom. The van der Waals surface area contributed by atoms with Crippen LogP contribution in [0.2, 0.25) is 0 Å². The Kier molecular flexibility index (Phi) is 8.85. The van der Waals surface area contributed by atoms with Crippen LogP contribution in [0.25, 0.3) is 33.4 Å². The van der Waals surface area contributed by atoms with Gasteiger partial charge in [-0.3, -0.25) is 4.79 Å². The van der Waals surface area contributed by atoms with Crippen molar-refractivity contribution in [2.75, 3.05) is 6.61 Å². The molecule has 5 aromatic rings. The van der Waals surface area contributed by atoms with E-state index in [9.17, 15) is 9.59 Å². The standard InChI is InChI=1S/C35H35NO7/c1-5-39-32(37)20-27-12-11-26(30-10-7-14-40-30)19-31(27)42-22-24-17-28-13-15-41-33(28)29(18-24)25-9-6-8-23(16-25)21-36-34(38)43-35(2,3)4/h6-19H,5,20-22H2,1-4H3,(H,36,38). The van der Waals surface area contributed by atoms with Crippen molar-refractivity contribution >= 4 is 23.0 Å². The summed E-state index contributed by atoms with van der Waals surface area (Å²) in [5.74, 6) is 0.961. The molecule has 8 nitrogen and oxygen atoms in total. The minimum atomic E-state index is -0.570. The predicted molar refractivity (Wildman–Crippen MR) is 164 cm³/mol. The molecule has 1 N–H and O–H groups in total. The zero-order valence-corrected chi connectivity index (χ0v) is 24.8. The van der Waals surface area contributed by atoms with Gasteiger partial charge in [0.2, 0.25) is 0 Å². The van der Waals surface area contributed by atoms with Gasteiger partial charge < -0.3 is 28.4 Å². The van der Waals surface area contributed by atoms with E-state index in [2.05, 4.69) is 5.32 Å². The Labute approximate surface area is 250 Å². The fourth-order valence-corrected chi connectivity index (χ4v) is 4.74. The van der Waals surface area contributed by atoms with E-state index < -0.39 is 11.7 Å². The largest absolute Gasteiger partial charge is 0.489 e. The highest BCUT2D eigenvalue weighted by Gasteiger charge is 2.17. The molecule has 0 unspecified atom stereocenters. The first-order valence-corrected chi connectivity index (χ1v) is 14.2. The lowest BCUT2D eigenvalue weighted by Crippen LogP contribution is -2.32. The van der Waals surface area contributed by atoms with Gasteiger partial charge in [-0.1, -0.05) is 30.3 Å². The highest BCUT2D eigenvalue weighted by Crippen LogP contribution is 2.33. The van der Waals surface area contributed by atoms with Crippen molar-refractivity contribution in [2.45, 2.75) is 52.9 Å². The molecule has 43 heavy (non-hydrogen) atoms. The van der Waals surface area contributed by atoms with Crippen LogP contribution in [0.3, 0.4) is 0 Å². The van der Waals surface area contributed by atoms with E-state index >= 15 is 0 Å². The van der Waals surface area contributed by atoms with Gasteiger partial charge in [0.05, 0.1) is 25.6 Å². The minimum Gasteiger partial charge on any atom is -0.489 e. The van der Waals surface area contributed by atoms with Gasteiger partial charge >= 0.3 is 12.1 Å². The molecule has 0 aliphatic heterocycles. The van der Waals surface area contributed by atoms with Crippen LogP contribution in [-0.4, -0.2) is 24.3 Å². The van der Waals surface area contributed by atoms with E-state index in [-0.39, 0.29) is 19.0 Å². The number of rotatable bonds is 10. The molecule has 0 saturated carbocycles. The Morgan fingerprint density at radius 2 is 1.72 bits per heavy atom. The van der Waals surface area contributed by atoms with Crippen LogP contribution in [-0.2, 0) is 33.8 Å². The second-order valence-corrected chi connectivity index (χ2v) is 11.1. The summed E-state index contributed by atoms with van der Waals surface area (Å²) < 4.78 is 28.3. The summed E-state index contributed by atoms with van der Waals surface area (Å²) in [6.07, 6.45) is 2.91. The van der Waals surface area contributed by atoms with Crippen LogP contribution >= 0.6 is 0 Å². The molecule has 0 radical (unpaired) electrons. The van der Waals surface area contributed by atoms with E-state index in [1.807, 2.05) is 93.6 Å². The topological polar surface area (TPSA) is 100 Å². The molecule has 0 atom stereocenters. The maximum atomic E-state index is 12.3. The number of nitrogens with one attached hydrogen (secondary N) is 1. The van der Waals surface area contributed by atoms with Gasteiger partial charge in [-0.15, -0.1) is 0 Å². The third-order valence-corrected chi connectivity index (χ3v) is 6.59. The molecule has 222 valence electrons. The molecule has 0 spiro atoms. The van der Waals surface area contributed by atoms with Gasteiger partial charge in [-0.25, -0.2) is 4.79 Å². The van der Waals surface area contributed by atoms with Gasteiger partial charge in [0.25, 0.3) is 0 Å². The van der Waals surface area contributed by atoms with Crippen LogP contribution in [0, 0.1) is 0 Å². The first kappa shape index (κ1) is 29.5. The van der Waals surface area contributed by atoms with Gasteiger partial charge in [-0.2, -0.15) is 0 Å². The number of amides is 1. The lowest BCUT2D eigenvalue weighted by Gasteiger charge is -2.19. The van der Waals surface area contributed by atoms with E-state index in [0.29, 0.717) is 24.7 Å². The van der Waals surface area contributed by atoms with Crippen molar-refractivity contribution in [2.24, 2.45) is 0 Å². The van der Waals surface area contributed by atoms with Gasteiger partial charge in [0.1, 0.15) is 29.3 Å². The molecule has 8 heteroatoms. The summed E-state index contributed by atoms with van der Waals surface area (Å²) in [7, 11) is 0. The maximum absolute atomic E-state index is 12.3. The van der Waals surface area contributed by atoms with Crippen molar-refractivity contribution in [3.05, 3.63) is 102 Å². The van der Waals surface area contributed by atoms with Crippen LogP contribution in [0.15, 0.2) is 94.2 Å². The minimum absolute atomic E-state index is 0.0950. The van der Waals surface area contributed by atoms with Crippen molar-refractivity contribution in [1.82, 2.24) is 5.32 Å². The lowest BCUT2D eigenvalue weighted by molar-refractivity contribution is -0.142. The average Bonchev–Trinajstić information content (AvgIpc) is 3.67. The van der Waals surface area contributed by atoms with Crippen molar-refractivity contribution in [3.8, 4) is 28.2 Å². The van der Waals surface area contributed by atoms with Gasteiger partial charge in [-0.05, 0) is 86.8 Å². The number of furan rings is 2. The van der Waals surface area contributed by atoms with Crippen LogP contribution in [0.5, 0.6) is 5.75 Å². The number of carbonyl (C=O) groups is 2. The fourth-order valence-electron chi connectivity index (χ4n) is 4.74. The molecule has 3 aromatic carbocycles. The Bertz CT molecular complexity index is 1710. The smallest absolute Gasteiger partial charge is 0.407 e. The highest BCUT2D eigenvalue weighted by atomic mass is 16.6. The SMILES string of the molecule is CCOC(=O)Cc1ccc(-c2ccco2)cc1OCc1cc(-c2cccc(CNC(=O)OC(C)(C)C)c2)c2occc2c1. The molecule has 0 aliphatic rings. The van der Waals surface area contributed by atoms with E-state index in [1.165, 1.54) is 0 Å². The first-order chi connectivity index (χ1) is 20.7. The zero-order valence-electron chi connectivity index (χ0n) is 24.8. The fraction of sp³-hybridized carbons (Fsp3) is 0.257. The average molecular weight is 582 g/mol. The molecule has 2 heterocycles. The number of esters is 1. The quantitative estimate of drug-likeness (QED) is 0.166. The second kappa shape index (κ2) is 12.9. The molecule has 5 rings (SSSR count). The first-order valence-electron chi connectivity index (χ1n) is 14.2. The number of hydrogen-bond acceptors (Lipinski definition) is 7. The molecule has 0 saturated heterocycles. The lowest BCUT2D eigenvalue weighted by atomic mass is 9.99. The second-order valence-electron chi connectivity index (χ2n) is 11.1. The van der Waals surface area contributed by atoms with Crippen LogP contribution in [0.4, 0.5) is 4.79 Å². The zero-order chi connectivity index (χ0) is 30.4. The summed E-state index contributed by atoms with van der Waals surface area (Å²) in [5.41, 5.74) is 5.43. The Hall–Kier alpha value is -4.98. The molecule has 0 aliphatic carbocycles. The number of ether oxygens (including phenoxy) is 3. The molecule has 2 aromatic heterocycles. The number of benzene rings is 3. The summed E-state index contributed by atoms with van der Waals surface area (Å²) in [4.78, 5) is 24.5. The predicted octanol–water partition coefficient (Wildman–Crippen LogP) is 8.07. The number of hydrogen-bond donors (Lipinski definition) is 1.